The topological polar surface area (TPSA) is 61.0 Å². The van der Waals surface area contributed by atoms with Crippen LogP contribution in [0.1, 0.15) is 31.3 Å². The molecule has 0 saturated heterocycles. The first-order chi connectivity index (χ1) is 8.65. The molecule has 4 heteroatoms. The van der Waals surface area contributed by atoms with Gasteiger partial charge >= 0.3 is 0 Å². The minimum Gasteiger partial charge on any atom is -0.486 e. The molecule has 0 saturated carbocycles. The number of nitrogen functional groups attached to an aromatic ring is 1. The molecule has 1 aromatic carbocycles. The minimum absolute atomic E-state index is 0.351. The smallest absolute Gasteiger partial charge is 0.166 e. The lowest BCUT2D eigenvalue weighted by Gasteiger charge is -2.08. The molecule has 4 nitrogen and oxygen atoms in total. The number of hydrogen-bond donors (Lipinski definition) is 1. The van der Waals surface area contributed by atoms with E-state index in [1.165, 1.54) is 0 Å². The summed E-state index contributed by atoms with van der Waals surface area (Å²) in [6, 6.07) is 9.25. The summed E-state index contributed by atoms with van der Waals surface area (Å²) in [5, 5.41) is 0. The van der Waals surface area contributed by atoms with Gasteiger partial charge < -0.3 is 10.5 Å². The Bertz CT molecular complexity index is 526. The van der Waals surface area contributed by atoms with Crippen molar-refractivity contribution in [3.8, 4) is 5.75 Å². The van der Waals surface area contributed by atoms with Crippen molar-refractivity contribution < 1.29 is 4.74 Å². The van der Waals surface area contributed by atoms with Crippen molar-refractivity contribution in [1.29, 1.82) is 0 Å². The highest BCUT2D eigenvalue weighted by molar-refractivity contribution is 5.43. The van der Waals surface area contributed by atoms with Crippen LogP contribution in [0.5, 0.6) is 5.75 Å². The van der Waals surface area contributed by atoms with Crippen molar-refractivity contribution in [1.82, 2.24) is 9.97 Å². The molecule has 1 aromatic heterocycles. The van der Waals surface area contributed by atoms with Gasteiger partial charge in [-0.3, -0.25) is 0 Å². The lowest BCUT2D eigenvalue weighted by molar-refractivity contribution is 0.295. The summed E-state index contributed by atoms with van der Waals surface area (Å²) in [5.74, 6) is 1.80. The fraction of sp³-hybridized carbons (Fsp3) is 0.286. The summed E-state index contributed by atoms with van der Waals surface area (Å²) in [6.45, 7) is 4.56. The predicted molar refractivity (Wildman–Crippen MR) is 71.3 cm³/mol. The molecule has 0 atom stereocenters. The van der Waals surface area contributed by atoms with E-state index in [0.29, 0.717) is 24.0 Å². The molecule has 0 spiro atoms. The predicted octanol–water partition coefficient (Wildman–Crippen LogP) is 2.76. The molecule has 0 bridgehead atoms. The number of aromatic nitrogens is 2. The molecule has 1 heterocycles. The van der Waals surface area contributed by atoms with Crippen LogP contribution in [0.4, 0.5) is 5.69 Å². The van der Waals surface area contributed by atoms with E-state index in [1.807, 2.05) is 24.3 Å². The van der Waals surface area contributed by atoms with Crippen molar-refractivity contribution in [3.63, 3.8) is 0 Å². The van der Waals surface area contributed by atoms with Crippen LogP contribution < -0.4 is 10.5 Å². The lowest BCUT2D eigenvalue weighted by atomic mass is 10.1. The number of benzene rings is 1. The van der Waals surface area contributed by atoms with Crippen molar-refractivity contribution in [3.05, 3.63) is 48.0 Å². The third kappa shape index (κ3) is 3.20. The van der Waals surface area contributed by atoms with E-state index in [4.69, 9.17) is 10.5 Å². The van der Waals surface area contributed by atoms with Gasteiger partial charge in [0.15, 0.2) is 5.82 Å². The van der Waals surface area contributed by atoms with Gasteiger partial charge in [0.1, 0.15) is 12.4 Å². The Labute approximate surface area is 107 Å². The van der Waals surface area contributed by atoms with E-state index in [0.717, 1.165) is 11.4 Å². The first kappa shape index (κ1) is 12.4. The van der Waals surface area contributed by atoms with Crippen LogP contribution in [-0.2, 0) is 6.61 Å². The molecule has 0 amide bonds. The monoisotopic (exact) mass is 243 g/mol. The summed E-state index contributed by atoms with van der Waals surface area (Å²) >= 11 is 0. The van der Waals surface area contributed by atoms with Gasteiger partial charge in [0, 0.05) is 23.6 Å². The highest BCUT2D eigenvalue weighted by Gasteiger charge is 2.04. The summed E-state index contributed by atoms with van der Waals surface area (Å²) in [4.78, 5) is 8.63. The molecule has 0 aliphatic carbocycles. The van der Waals surface area contributed by atoms with E-state index in [2.05, 4.69) is 23.8 Å². The Balaban J connectivity index is 2.04. The van der Waals surface area contributed by atoms with Gasteiger partial charge in [-0.05, 0) is 24.1 Å². The fourth-order valence-corrected chi connectivity index (χ4v) is 1.56. The second-order valence-corrected chi connectivity index (χ2v) is 4.41. The number of hydrogen-bond acceptors (Lipinski definition) is 4. The second kappa shape index (κ2) is 5.49. The maximum absolute atomic E-state index is 5.68. The van der Waals surface area contributed by atoms with E-state index in [-0.39, 0.29) is 0 Å². The van der Waals surface area contributed by atoms with Crippen LogP contribution in [-0.4, -0.2) is 9.97 Å². The molecule has 2 rings (SSSR count). The van der Waals surface area contributed by atoms with E-state index < -0.39 is 0 Å². The molecule has 0 aliphatic rings. The molecule has 2 N–H and O–H groups in total. The fourth-order valence-electron chi connectivity index (χ4n) is 1.56. The number of anilines is 1. The number of rotatable bonds is 4. The van der Waals surface area contributed by atoms with Crippen molar-refractivity contribution in [2.75, 3.05) is 5.73 Å². The Hall–Kier alpha value is -2.10. The second-order valence-electron chi connectivity index (χ2n) is 4.41. The Morgan fingerprint density at radius 1 is 1.28 bits per heavy atom. The normalized spacial score (nSPS) is 10.6. The van der Waals surface area contributed by atoms with Gasteiger partial charge in [-0.25, -0.2) is 9.97 Å². The zero-order chi connectivity index (χ0) is 13.0. The SMILES string of the molecule is CC(C)c1ccnc(COc2cccc(N)c2)n1. The van der Waals surface area contributed by atoms with E-state index in [1.54, 1.807) is 12.3 Å². The van der Waals surface area contributed by atoms with Gasteiger partial charge in [-0.15, -0.1) is 0 Å². The zero-order valence-corrected chi connectivity index (χ0v) is 10.6. The van der Waals surface area contributed by atoms with Crippen LogP contribution in [0.3, 0.4) is 0 Å². The number of ether oxygens (including phenoxy) is 1. The first-order valence-corrected chi connectivity index (χ1v) is 5.95. The molecular formula is C14H17N3O. The standard InChI is InChI=1S/C14H17N3O/c1-10(2)13-6-7-16-14(17-13)9-18-12-5-3-4-11(15)8-12/h3-8,10H,9,15H2,1-2H3. The van der Waals surface area contributed by atoms with Crippen LogP contribution in [0.25, 0.3) is 0 Å². The number of nitrogens with zero attached hydrogens (tertiary/aromatic N) is 2. The Morgan fingerprint density at radius 2 is 2.11 bits per heavy atom. The molecule has 0 fully saturated rings. The van der Waals surface area contributed by atoms with Gasteiger partial charge in [-0.1, -0.05) is 19.9 Å². The molecule has 94 valence electrons. The van der Waals surface area contributed by atoms with Gasteiger partial charge in [0.2, 0.25) is 0 Å². The third-order valence-electron chi connectivity index (χ3n) is 2.54. The van der Waals surface area contributed by atoms with Crippen molar-refractivity contribution in [2.45, 2.75) is 26.4 Å². The van der Waals surface area contributed by atoms with Crippen LogP contribution in [0, 0.1) is 0 Å². The molecule has 2 aromatic rings. The Morgan fingerprint density at radius 3 is 2.83 bits per heavy atom. The first-order valence-electron chi connectivity index (χ1n) is 5.95. The van der Waals surface area contributed by atoms with E-state index >= 15 is 0 Å². The molecular weight excluding hydrogens is 226 g/mol. The average molecular weight is 243 g/mol. The summed E-state index contributed by atoms with van der Waals surface area (Å²) in [7, 11) is 0. The maximum Gasteiger partial charge on any atom is 0.166 e. The molecule has 0 unspecified atom stereocenters. The van der Waals surface area contributed by atoms with E-state index in [9.17, 15) is 0 Å². The highest BCUT2D eigenvalue weighted by Crippen LogP contribution is 2.16. The summed E-state index contributed by atoms with van der Waals surface area (Å²) in [5.41, 5.74) is 7.39. The van der Waals surface area contributed by atoms with Crippen molar-refractivity contribution in [2.24, 2.45) is 0 Å². The van der Waals surface area contributed by atoms with Crippen LogP contribution in [0.2, 0.25) is 0 Å². The number of nitrogens with two attached hydrogens (primary N) is 1. The third-order valence-corrected chi connectivity index (χ3v) is 2.54. The minimum atomic E-state index is 0.351. The maximum atomic E-state index is 5.68. The highest BCUT2D eigenvalue weighted by atomic mass is 16.5. The molecule has 0 radical (unpaired) electrons. The quantitative estimate of drug-likeness (QED) is 0.839. The van der Waals surface area contributed by atoms with Gasteiger partial charge in [-0.2, -0.15) is 0 Å². The summed E-state index contributed by atoms with van der Waals surface area (Å²) in [6.07, 6.45) is 1.76. The largest absolute Gasteiger partial charge is 0.486 e. The van der Waals surface area contributed by atoms with Gasteiger partial charge in [0.25, 0.3) is 0 Å². The zero-order valence-electron chi connectivity index (χ0n) is 10.6. The Kier molecular flexibility index (Phi) is 3.77. The van der Waals surface area contributed by atoms with Crippen molar-refractivity contribution >= 4 is 5.69 Å². The van der Waals surface area contributed by atoms with Crippen LogP contribution in [0.15, 0.2) is 36.5 Å². The molecule has 18 heavy (non-hydrogen) atoms. The lowest BCUT2D eigenvalue weighted by Crippen LogP contribution is -2.04. The van der Waals surface area contributed by atoms with Gasteiger partial charge in [0.05, 0.1) is 0 Å². The summed E-state index contributed by atoms with van der Waals surface area (Å²) < 4.78 is 5.60. The molecule has 0 aliphatic heterocycles. The van der Waals surface area contributed by atoms with Crippen LogP contribution >= 0.6 is 0 Å². The average Bonchev–Trinajstić information content (AvgIpc) is 2.37.